The Kier molecular flexibility index (Phi) is 6.67. The molecule has 3 aromatic rings. The second-order valence-electron chi connectivity index (χ2n) is 6.71. The molecule has 0 radical (unpaired) electrons. The molecule has 2 aromatic carbocycles. The van der Waals surface area contributed by atoms with Crippen LogP contribution in [0, 0.1) is 0 Å². The third-order valence-electron chi connectivity index (χ3n) is 4.66. The predicted molar refractivity (Wildman–Crippen MR) is 116 cm³/mol. The summed E-state index contributed by atoms with van der Waals surface area (Å²) in [6, 6.07) is 18.3. The van der Waals surface area contributed by atoms with E-state index in [2.05, 4.69) is 59.9 Å². The summed E-state index contributed by atoms with van der Waals surface area (Å²) in [6.07, 6.45) is 2.54. The molecule has 0 spiro atoms. The summed E-state index contributed by atoms with van der Waals surface area (Å²) >= 11 is 5.15. The smallest absolute Gasteiger partial charge is 0.195 e. The van der Waals surface area contributed by atoms with Gasteiger partial charge in [-0.2, -0.15) is 0 Å². The van der Waals surface area contributed by atoms with Crippen LogP contribution in [0.4, 0.5) is 0 Å². The Balaban J connectivity index is 1.44. The van der Waals surface area contributed by atoms with Gasteiger partial charge in [-0.15, -0.1) is 10.2 Å². The molecule has 1 aromatic heterocycles. The van der Waals surface area contributed by atoms with Gasteiger partial charge in [0.15, 0.2) is 11.0 Å². The van der Waals surface area contributed by atoms with Gasteiger partial charge < -0.3 is 4.74 Å². The number of rotatable bonds is 8. The topological polar surface area (TPSA) is 43.2 Å². The van der Waals surface area contributed by atoms with Crippen LogP contribution in [0.15, 0.2) is 64.2 Å². The highest BCUT2D eigenvalue weighted by Gasteiger charge is 2.19. The Bertz CT molecular complexity index is 896. The molecular formula is C21H23BrN4OS. The standard InChI is InChI=1S/C21H23BrN4OS/c22-17-7-6-10-19(15-17)27-13-14-28-21-24-23-20(16-25-11-4-5-12-25)26(21)18-8-2-1-3-9-18/h1-3,6-10,15H,4-5,11-14,16H2. The van der Waals surface area contributed by atoms with Crippen LogP contribution >= 0.6 is 27.7 Å². The second kappa shape index (κ2) is 9.58. The molecule has 7 heteroatoms. The van der Waals surface area contributed by atoms with Crippen molar-refractivity contribution < 1.29 is 4.74 Å². The van der Waals surface area contributed by atoms with Crippen LogP contribution in [0.5, 0.6) is 5.75 Å². The van der Waals surface area contributed by atoms with Crippen LogP contribution in [0.3, 0.4) is 0 Å². The first kappa shape index (κ1) is 19.5. The summed E-state index contributed by atoms with van der Waals surface area (Å²) in [7, 11) is 0. The molecule has 1 saturated heterocycles. The van der Waals surface area contributed by atoms with Crippen molar-refractivity contribution in [3.63, 3.8) is 0 Å². The Hall–Kier alpha value is -1.83. The number of likely N-dealkylation sites (tertiary alicyclic amines) is 1. The largest absolute Gasteiger partial charge is 0.493 e. The summed E-state index contributed by atoms with van der Waals surface area (Å²) in [5.74, 6) is 2.68. The van der Waals surface area contributed by atoms with Crippen molar-refractivity contribution in [1.29, 1.82) is 0 Å². The molecule has 0 unspecified atom stereocenters. The average Bonchev–Trinajstić information content (AvgIpc) is 3.36. The lowest BCUT2D eigenvalue weighted by molar-refractivity contribution is 0.319. The lowest BCUT2D eigenvalue weighted by atomic mass is 10.3. The zero-order chi connectivity index (χ0) is 19.2. The first-order valence-electron chi connectivity index (χ1n) is 9.53. The van der Waals surface area contributed by atoms with Gasteiger partial charge in [-0.05, 0) is 56.3 Å². The van der Waals surface area contributed by atoms with Crippen molar-refractivity contribution in [2.75, 3.05) is 25.4 Å². The van der Waals surface area contributed by atoms with Crippen LogP contribution < -0.4 is 4.74 Å². The fraction of sp³-hybridized carbons (Fsp3) is 0.333. The van der Waals surface area contributed by atoms with E-state index in [1.54, 1.807) is 11.8 Å². The van der Waals surface area contributed by atoms with E-state index in [4.69, 9.17) is 4.74 Å². The zero-order valence-corrected chi connectivity index (χ0v) is 18.0. The van der Waals surface area contributed by atoms with E-state index >= 15 is 0 Å². The van der Waals surface area contributed by atoms with E-state index in [9.17, 15) is 0 Å². The summed E-state index contributed by atoms with van der Waals surface area (Å²) in [5.41, 5.74) is 1.11. The molecule has 0 aliphatic carbocycles. The highest BCUT2D eigenvalue weighted by molar-refractivity contribution is 9.10. The van der Waals surface area contributed by atoms with E-state index < -0.39 is 0 Å². The zero-order valence-electron chi connectivity index (χ0n) is 15.6. The van der Waals surface area contributed by atoms with E-state index in [0.29, 0.717) is 6.61 Å². The molecule has 0 saturated carbocycles. The van der Waals surface area contributed by atoms with Crippen LogP contribution in [0.25, 0.3) is 5.69 Å². The van der Waals surface area contributed by atoms with Gasteiger partial charge in [0.1, 0.15) is 5.75 Å². The van der Waals surface area contributed by atoms with Crippen molar-refractivity contribution in [1.82, 2.24) is 19.7 Å². The minimum absolute atomic E-state index is 0.615. The van der Waals surface area contributed by atoms with Gasteiger partial charge in [0.25, 0.3) is 0 Å². The van der Waals surface area contributed by atoms with Crippen LogP contribution in [-0.2, 0) is 6.54 Å². The number of ether oxygens (including phenoxy) is 1. The second-order valence-corrected chi connectivity index (χ2v) is 8.69. The predicted octanol–water partition coefficient (Wildman–Crippen LogP) is 4.80. The highest BCUT2D eigenvalue weighted by atomic mass is 79.9. The Morgan fingerprint density at radius 3 is 2.61 bits per heavy atom. The SMILES string of the molecule is Brc1cccc(OCCSc2nnc(CN3CCCC3)n2-c2ccccc2)c1. The van der Waals surface area contributed by atoms with Gasteiger partial charge in [0, 0.05) is 15.9 Å². The molecule has 0 bridgehead atoms. The fourth-order valence-corrected chi connectivity index (χ4v) is 4.49. The molecular weight excluding hydrogens is 436 g/mol. The van der Waals surface area contributed by atoms with E-state index in [0.717, 1.165) is 52.3 Å². The molecule has 28 heavy (non-hydrogen) atoms. The van der Waals surface area contributed by atoms with E-state index in [1.165, 1.54) is 12.8 Å². The molecule has 1 fully saturated rings. The van der Waals surface area contributed by atoms with Gasteiger partial charge in [0.2, 0.25) is 0 Å². The number of hydrogen-bond acceptors (Lipinski definition) is 5. The summed E-state index contributed by atoms with van der Waals surface area (Å²) in [5, 5.41) is 9.90. The summed E-state index contributed by atoms with van der Waals surface area (Å²) < 4.78 is 9.06. The third-order valence-corrected chi connectivity index (χ3v) is 6.04. The first-order valence-corrected chi connectivity index (χ1v) is 11.3. The molecule has 146 valence electrons. The number of thioether (sulfide) groups is 1. The maximum Gasteiger partial charge on any atom is 0.195 e. The molecule has 0 amide bonds. The van der Waals surface area contributed by atoms with Crippen LogP contribution in [-0.4, -0.2) is 45.1 Å². The summed E-state index contributed by atoms with van der Waals surface area (Å²) in [6.45, 7) is 3.75. The van der Waals surface area contributed by atoms with E-state index in [1.807, 2.05) is 30.3 Å². The monoisotopic (exact) mass is 458 g/mol. The molecule has 1 aliphatic heterocycles. The lowest BCUT2D eigenvalue weighted by Gasteiger charge is -2.16. The number of aromatic nitrogens is 3. The maximum atomic E-state index is 5.85. The Morgan fingerprint density at radius 1 is 1.00 bits per heavy atom. The lowest BCUT2D eigenvalue weighted by Crippen LogP contribution is -2.21. The maximum absolute atomic E-state index is 5.85. The minimum Gasteiger partial charge on any atom is -0.493 e. The van der Waals surface area contributed by atoms with Crippen molar-refractivity contribution >= 4 is 27.7 Å². The Morgan fingerprint density at radius 2 is 1.82 bits per heavy atom. The quantitative estimate of drug-likeness (QED) is 0.358. The van der Waals surface area contributed by atoms with E-state index in [-0.39, 0.29) is 0 Å². The molecule has 0 N–H and O–H groups in total. The van der Waals surface area contributed by atoms with Crippen molar-refractivity contribution in [2.24, 2.45) is 0 Å². The van der Waals surface area contributed by atoms with Crippen molar-refractivity contribution in [3.05, 3.63) is 64.9 Å². The third kappa shape index (κ3) is 4.96. The van der Waals surface area contributed by atoms with Gasteiger partial charge in [-0.25, -0.2) is 0 Å². The van der Waals surface area contributed by atoms with Crippen molar-refractivity contribution in [3.8, 4) is 11.4 Å². The number of benzene rings is 2. The molecule has 1 aliphatic rings. The van der Waals surface area contributed by atoms with Crippen molar-refractivity contribution in [2.45, 2.75) is 24.5 Å². The number of nitrogens with zero attached hydrogens (tertiary/aromatic N) is 4. The van der Waals surface area contributed by atoms with Gasteiger partial charge in [0.05, 0.1) is 13.2 Å². The minimum atomic E-state index is 0.615. The number of para-hydroxylation sites is 1. The normalized spacial score (nSPS) is 14.5. The molecule has 0 atom stereocenters. The van der Waals surface area contributed by atoms with Crippen LogP contribution in [0.1, 0.15) is 18.7 Å². The number of hydrogen-bond donors (Lipinski definition) is 0. The van der Waals surface area contributed by atoms with Gasteiger partial charge in [-0.3, -0.25) is 9.47 Å². The summed E-state index contributed by atoms with van der Waals surface area (Å²) in [4.78, 5) is 2.45. The Labute approximate surface area is 178 Å². The average molecular weight is 459 g/mol. The van der Waals surface area contributed by atoms with Gasteiger partial charge >= 0.3 is 0 Å². The molecule has 5 nitrogen and oxygen atoms in total. The van der Waals surface area contributed by atoms with Gasteiger partial charge in [-0.1, -0.05) is 52.0 Å². The fourth-order valence-electron chi connectivity index (χ4n) is 3.32. The first-order chi connectivity index (χ1) is 13.8. The molecule has 2 heterocycles. The highest BCUT2D eigenvalue weighted by Crippen LogP contribution is 2.24. The van der Waals surface area contributed by atoms with Crippen LogP contribution in [0.2, 0.25) is 0 Å². The molecule has 4 rings (SSSR count). The number of halogens is 1.